The Morgan fingerprint density at radius 3 is 2.53 bits per heavy atom. The summed E-state index contributed by atoms with van der Waals surface area (Å²) in [7, 11) is 4.06. The summed E-state index contributed by atoms with van der Waals surface area (Å²) in [6, 6.07) is 13.4. The van der Waals surface area contributed by atoms with Crippen LogP contribution in [0, 0.1) is 0 Å². The van der Waals surface area contributed by atoms with Gasteiger partial charge in [-0.15, -0.1) is 0 Å². The Balaban J connectivity index is 1.63. The number of carbonyl (C=O) groups excluding carboxylic acids is 2. The van der Waals surface area contributed by atoms with Crippen LogP contribution in [-0.2, 0) is 14.1 Å². The number of nitrogens with zero attached hydrogens (tertiary/aromatic N) is 2. The lowest BCUT2D eigenvalue weighted by atomic mass is 9.95. The van der Waals surface area contributed by atoms with E-state index in [9.17, 15) is 9.59 Å². The number of hydrogen-bond donors (Lipinski definition) is 1. The highest BCUT2D eigenvalue weighted by atomic mass is 127. The van der Waals surface area contributed by atoms with E-state index in [1.165, 1.54) is 0 Å². The summed E-state index contributed by atoms with van der Waals surface area (Å²) in [6.07, 6.45) is 4.41. The number of carbonyl (C=O) groups is 2. The minimum absolute atomic E-state index is 0.320. The zero-order valence-electron chi connectivity index (χ0n) is 18.9. The van der Waals surface area contributed by atoms with E-state index in [0.717, 1.165) is 39.4 Å². The summed E-state index contributed by atoms with van der Waals surface area (Å²) < 4.78 is 14.6. The average molecular weight is 569 g/mol. The van der Waals surface area contributed by atoms with E-state index < -0.39 is 11.8 Å². The summed E-state index contributed by atoms with van der Waals surface area (Å²) in [4.78, 5) is 28.2. The highest BCUT2D eigenvalue weighted by molar-refractivity contribution is 14.1. The largest absolute Gasteiger partial charge is 0.493 e. The molecule has 7 nitrogen and oxygen atoms in total. The van der Waals surface area contributed by atoms with Gasteiger partial charge >= 0.3 is 0 Å². The van der Waals surface area contributed by atoms with E-state index in [1.807, 2.05) is 56.7 Å². The van der Waals surface area contributed by atoms with Crippen molar-refractivity contribution < 1.29 is 18.7 Å². The normalized spacial score (nSPS) is 14.1. The predicted molar refractivity (Wildman–Crippen MR) is 141 cm³/mol. The lowest BCUT2D eigenvalue weighted by molar-refractivity contribution is -0.122. The number of nitrogens with one attached hydrogen (secondary N) is 1. The van der Waals surface area contributed by atoms with Crippen LogP contribution in [0.2, 0.25) is 0 Å². The smallest absolute Gasteiger partial charge is 0.259 e. The molecule has 2 aromatic carbocycles. The first-order valence-electron chi connectivity index (χ1n) is 11.0. The second kappa shape index (κ2) is 9.27. The molecule has 0 saturated carbocycles. The molecule has 5 rings (SSSR count). The highest BCUT2D eigenvalue weighted by Gasteiger charge is 2.35. The Bertz CT molecular complexity index is 1450. The van der Waals surface area contributed by atoms with Crippen molar-refractivity contribution in [2.24, 2.45) is 0 Å². The molecule has 1 aliphatic rings. The predicted octanol–water partition coefficient (Wildman–Crippen LogP) is 4.68. The van der Waals surface area contributed by atoms with Gasteiger partial charge in [-0.1, -0.05) is 40.8 Å². The molecule has 0 bridgehead atoms. The Morgan fingerprint density at radius 2 is 1.76 bits per heavy atom. The van der Waals surface area contributed by atoms with E-state index in [0.29, 0.717) is 34.6 Å². The van der Waals surface area contributed by atoms with Crippen LogP contribution in [0.1, 0.15) is 17.5 Å². The van der Waals surface area contributed by atoms with Crippen LogP contribution >= 0.6 is 22.6 Å². The molecule has 0 unspecified atom stereocenters. The molecule has 0 atom stereocenters. The van der Waals surface area contributed by atoms with Crippen LogP contribution in [0.4, 0.5) is 0 Å². The third-order valence-corrected chi connectivity index (χ3v) is 6.71. The number of benzene rings is 2. The summed E-state index contributed by atoms with van der Waals surface area (Å²) in [5.41, 5.74) is 3.53. The molecule has 8 heteroatoms. The second-order valence-electron chi connectivity index (χ2n) is 8.46. The molecular weight excluding hydrogens is 545 g/mol. The van der Waals surface area contributed by atoms with E-state index in [2.05, 4.69) is 37.4 Å². The fraction of sp³-hybridized carbons (Fsp3) is 0.231. The number of para-hydroxylation sites is 1. The van der Waals surface area contributed by atoms with E-state index in [1.54, 1.807) is 12.3 Å². The van der Waals surface area contributed by atoms with Gasteiger partial charge in [0, 0.05) is 34.8 Å². The maximum absolute atomic E-state index is 13.0. The number of imide groups is 1. The lowest BCUT2D eigenvalue weighted by Crippen LogP contribution is -2.22. The standard InChI is InChI=1S/C26H24IN3O4/c1-29(2)11-5-12-33-21-9-8-18(24-17(21)10-13-34-24)22-23(26(32)28-25(22)31)19-14-30(15-27)20-7-4-3-6-16(19)20/h3-4,6-10,13-14H,5,11-12,15H2,1-2H3,(H,28,31,32). The van der Waals surface area contributed by atoms with Crippen molar-refractivity contribution in [1.82, 2.24) is 14.8 Å². The van der Waals surface area contributed by atoms with E-state index in [-0.39, 0.29) is 0 Å². The first kappa shape index (κ1) is 22.7. The maximum atomic E-state index is 13.0. The average Bonchev–Trinajstić information content (AvgIpc) is 3.52. The van der Waals surface area contributed by atoms with Crippen molar-refractivity contribution in [3.8, 4) is 5.75 Å². The molecule has 4 aromatic rings. The van der Waals surface area contributed by atoms with Crippen LogP contribution in [0.25, 0.3) is 33.0 Å². The Hall–Kier alpha value is -3.11. The number of aromatic nitrogens is 1. The molecule has 0 aliphatic carbocycles. The fourth-order valence-corrected chi connectivity index (χ4v) is 5.00. The zero-order chi connectivity index (χ0) is 23.8. The third kappa shape index (κ3) is 3.90. The molecule has 0 fully saturated rings. The summed E-state index contributed by atoms with van der Waals surface area (Å²) in [5.74, 6) is -0.136. The summed E-state index contributed by atoms with van der Waals surface area (Å²) >= 11 is 2.28. The van der Waals surface area contributed by atoms with Crippen molar-refractivity contribution in [3.05, 3.63) is 66.1 Å². The molecule has 0 saturated heterocycles. The molecule has 174 valence electrons. The van der Waals surface area contributed by atoms with Gasteiger partial charge in [0.25, 0.3) is 11.8 Å². The van der Waals surface area contributed by atoms with Gasteiger partial charge in [-0.05, 0) is 44.8 Å². The van der Waals surface area contributed by atoms with Gasteiger partial charge in [0.05, 0.1) is 34.0 Å². The quantitative estimate of drug-likeness (QED) is 0.144. The zero-order valence-corrected chi connectivity index (χ0v) is 21.1. The SMILES string of the molecule is CN(C)CCCOc1ccc(C2=C(c3cn(CI)c4ccccc34)C(=O)NC2=O)c2occc12. The minimum Gasteiger partial charge on any atom is -0.493 e. The molecule has 0 spiro atoms. The highest BCUT2D eigenvalue weighted by Crippen LogP contribution is 2.40. The van der Waals surface area contributed by atoms with Crippen molar-refractivity contribution in [3.63, 3.8) is 0 Å². The molecule has 1 aliphatic heterocycles. The summed E-state index contributed by atoms with van der Waals surface area (Å²) in [6.45, 7) is 1.50. The van der Waals surface area contributed by atoms with Gasteiger partial charge in [0.2, 0.25) is 0 Å². The van der Waals surface area contributed by atoms with Gasteiger partial charge in [-0.25, -0.2) is 0 Å². The number of halogens is 1. The topological polar surface area (TPSA) is 76.7 Å². The van der Waals surface area contributed by atoms with Crippen LogP contribution in [0.15, 0.2) is 59.3 Å². The van der Waals surface area contributed by atoms with Crippen molar-refractivity contribution in [2.45, 2.75) is 11.0 Å². The number of fused-ring (bicyclic) bond motifs is 2. The molecule has 1 N–H and O–H groups in total. The molecule has 34 heavy (non-hydrogen) atoms. The van der Waals surface area contributed by atoms with Crippen molar-refractivity contribution in [1.29, 1.82) is 0 Å². The van der Waals surface area contributed by atoms with Gasteiger partial charge in [0.1, 0.15) is 11.3 Å². The monoisotopic (exact) mass is 569 g/mol. The van der Waals surface area contributed by atoms with Gasteiger partial charge in [0.15, 0.2) is 0 Å². The van der Waals surface area contributed by atoms with Gasteiger partial charge < -0.3 is 18.6 Å². The molecular formula is C26H24IN3O4. The van der Waals surface area contributed by atoms with Crippen molar-refractivity contribution >= 4 is 67.4 Å². The number of alkyl halides is 1. The second-order valence-corrected chi connectivity index (χ2v) is 9.14. The number of furan rings is 1. The van der Waals surface area contributed by atoms with Crippen LogP contribution in [0.3, 0.4) is 0 Å². The van der Waals surface area contributed by atoms with E-state index >= 15 is 0 Å². The fourth-order valence-electron chi connectivity index (χ4n) is 4.44. The molecule has 3 heterocycles. The number of hydrogen-bond acceptors (Lipinski definition) is 5. The Kier molecular flexibility index (Phi) is 6.18. The number of rotatable bonds is 8. The molecule has 2 amide bonds. The van der Waals surface area contributed by atoms with E-state index in [4.69, 9.17) is 9.15 Å². The number of amides is 2. The Morgan fingerprint density at radius 1 is 1.00 bits per heavy atom. The van der Waals surface area contributed by atoms with Gasteiger partial charge in [-0.2, -0.15) is 0 Å². The minimum atomic E-state index is -0.427. The maximum Gasteiger partial charge on any atom is 0.259 e. The van der Waals surface area contributed by atoms with Gasteiger partial charge in [-0.3, -0.25) is 14.9 Å². The lowest BCUT2D eigenvalue weighted by Gasteiger charge is -2.12. The van der Waals surface area contributed by atoms with Crippen LogP contribution < -0.4 is 10.1 Å². The third-order valence-electron chi connectivity index (χ3n) is 5.97. The van der Waals surface area contributed by atoms with Crippen LogP contribution in [-0.4, -0.2) is 48.5 Å². The van der Waals surface area contributed by atoms with Crippen molar-refractivity contribution in [2.75, 3.05) is 27.2 Å². The molecule has 2 aromatic heterocycles. The first-order valence-corrected chi connectivity index (χ1v) is 12.5. The Labute approximate surface area is 210 Å². The van der Waals surface area contributed by atoms with Crippen LogP contribution in [0.5, 0.6) is 5.75 Å². The first-order chi connectivity index (χ1) is 16.5. The molecule has 0 radical (unpaired) electrons. The number of ether oxygens (including phenoxy) is 1. The summed E-state index contributed by atoms with van der Waals surface area (Å²) in [5, 5.41) is 4.19.